The van der Waals surface area contributed by atoms with Crippen molar-refractivity contribution in [3.8, 4) is 5.75 Å². The van der Waals surface area contributed by atoms with Gasteiger partial charge in [-0.05, 0) is 36.2 Å². The molecule has 0 spiro atoms. The number of hydrogen-bond donors (Lipinski definition) is 2. The molecule has 0 bridgehead atoms. The number of hydrogen-bond acceptors (Lipinski definition) is 4. The molecule has 1 unspecified atom stereocenters. The first kappa shape index (κ1) is 17.9. The first-order chi connectivity index (χ1) is 11.4. The minimum absolute atomic E-state index is 0.00541. The van der Waals surface area contributed by atoms with Crippen LogP contribution in [0, 0.1) is 5.82 Å². The van der Waals surface area contributed by atoms with Crippen molar-refractivity contribution >= 4 is 5.91 Å². The van der Waals surface area contributed by atoms with Crippen molar-refractivity contribution in [2.45, 2.75) is 25.9 Å². The Morgan fingerprint density at radius 2 is 2.04 bits per heavy atom. The fourth-order valence-corrected chi connectivity index (χ4v) is 2.07. The van der Waals surface area contributed by atoms with Gasteiger partial charge in [-0.25, -0.2) is 4.39 Å². The van der Waals surface area contributed by atoms with Crippen molar-refractivity contribution in [3.63, 3.8) is 0 Å². The lowest BCUT2D eigenvalue weighted by molar-refractivity contribution is 0.0836. The number of aliphatic hydroxyl groups is 1. The molecule has 1 aromatic heterocycles. The second kappa shape index (κ2) is 7.92. The van der Waals surface area contributed by atoms with E-state index in [4.69, 9.17) is 4.74 Å². The van der Waals surface area contributed by atoms with Crippen LogP contribution in [0.4, 0.5) is 4.39 Å². The molecule has 0 aliphatic heterocycles. The number of nitrogens with zero attached hydrogens (tertiary/aromatic N) is 2. The highest BCUT2D eigenvalue weighted by atomic mass is 19.1. The van der Waals surface area contributed by atoms with Crippen LogP contribution in [0.2, 0.25) is 0 Å². The Bertz CT molecular complexity index is 683. The largest absolute Gasteiger partial charge is 0.491 e. The Balaban J connectivity index is 1.81. The normalized spacial score (nSPS) is 12.2. The van der Waals surface area contributed by atoms with Gasteiger partial charge >= 0.3 is 0 Å². The number of rotatable bonds is 7. The number of aryl methyl sites for hydroxylation is 1. The number of aliphatic hydroxyl groups excluding tert-OH is 1. The van der Waals surface area contributed by atoms with Gasteiger partial charge in [0.25, 0.3) is 5.91 Å². The van der Waals surface area contributed by atoms with Gasteiger partial charge in [-0.1, -0.05) is 13.8 Å². The third-order valence-corrected chi connectivity index (χ3v) is 3.48. The Morgan fingerprint density at radius 1 is 1.38 bits per heavy atom. The zero-order valence-corrected chi connectivity index (χ0v) is 14.0. The van der Waals surface area contributed by atoms with Crippen molar-refractivity contribution in [3.05, 3.63) is 47.5 Å². The molecule has 0 aliphatic rings. The molecular formula is C17H22FN3O3. The molecule has 2 aromatic rings. The lowest BCUT2D eigenvalue weighted by atomic mass is 10.1. The van der Waals surface area contributed by atoms with Gasteiger partial charge in [-0.3, -0.25) is 9.48 Å². The molecule has 130 valence electrons. The number of carbonyl (C=O) groups excluding carboxylic acids is 1. The van der Waals surface area contributed by atoms with Crippen LogP contribution < -0.4 is 10.1 Å². The quantitative estimate of drug-likeness (QED) is 0.810. The van der Waals surface area contributed by atoms with Crippen molar-refractivity contribution in [1.29, 1.82) is 0 Å². The molecule has 0 saturated carbocycles. The maximum Gasteiger partial charge on any atom is 0.269 e. The van der Waals surface area contributed by atoms with Gasteiger partial charge in [0.1, 0.15) is 30.0 Å². The highest BCUT2D eigenvalue weighted by Crippen LogP contribution is 2.14. The minimum atomic E-state index is -0.878. The SMILES string of the molecule is CC(C)c1cc(C(=O)NCC(O)COc2ccc(F)cc2)n(C)n1. The van der Waals surface area contributed by atoms with Crippen molar-refractivity contribution in [2.24, 2.45) is 7.05 Å². The third kappa shape index (κ3) is 4.79. The maximum absolute atomic E-state index is 12.8. The zero-order valence-electron chi connectivity index (χ0n) is 14.0. The molecule has 2 rings (SSSR count). The summed E-state index contributed by atoms with van der Waals surface area (Å²) in [6, 6.07) is 7.24. The average molecular weight is 335 g/mol. The molecule has 7 heteroatoms. The number of halogens is 1. The van der Waals surface area contributed by atoms with E-state index >= 15 is 0 Å². The molecule has 1 aromatic carbocycles. The number of nitrogens with one attached hydrogen (secondary N) is 1. The first-order valence-electron chi connectivity index (χ1n) is 7.75. The molecule has 2 N–H and O–H groups in total. The summed E-state index contributed by atoms with van der Waals surface area (Å²) >= 11 is 0. The molecule has 24 heavy (non-hydrogen) atoms. The van der Waals surface area contributed by atoms with Crippen molar-refractivity contribution in [1.82, 2.24) is 15.1 Å². The summed E-state index contributed by atoms with van der Waals surface area (Å²) in [4.78, 5) is 12.2. The molecule has 1 atom stereocenters. The monoisotopic (exact) mass is 335 g/mol. The van der Waals surface area contributed by atoms with E-state index < -0.39 is 6.10 Å². The summed E-state index contributed by atoms with van der Waals surface area (Å²) in [5.74, 6) is 0.0206. The van der Waals surface area contributed by atoms with E-state index in [9.17, 15) is 14.3 Å². The maximum atomic E-state index is 12.8. The minimum Gasteiger partial charge on any atom is -0.491 e. The topological polar surface area (TPSA) is 76.4 Å². The Kier molecular flexibility index (Phi) is 5.92. The van der Waals surface area contributed by atoms with Crippen molar-refractivity contribution in [2.75, 3.05) is 13.2 Å². The van der Waals surface area contributed by atoms with Crippen LogP contribution in [-0.2, 0) is 7.05 Å². The predicted molar refractivity (Wildman–Crippen MR) is 87.5 cm³/mol. The van der Waals surface area contributed by atoms with Crippen molar-refractivity contribution < 1.29 is 19.0 Å². The van der Waals surface area contributed by atoms with E-state index in [0.717, 1.165) is 5.69 Å². The summed E-state index contributed by atoms with van der Waals surface area (Å²) in [5.41, 5.74) is 1.27. The van der Waals surface area contributed by atoms with Gasteiger partial charge in [-0.2, -0.15) is 5.10 Å². The lowest BCUT2D eigenvalue weighted by Gasteiger charge is -2.13. The van der Waals surface area contributed by atoms with E-state index in [-0.39, 0.29) is 30.8 Å². The molecular weight excluding hydrogens is 313 g/mol. The van der Waals surface area contributed by atoms with E-state index in [1.165, 1.54) is 28.9 Å². The van der Waals surface area contributed by atoms with Gasteiger partial charge in [0.05, 0.1) is 5.69 Å². The summed E-state index contributed by atoms with van der Waals surface area (Å²) < 4.78 is 19.6. The van der Waals surface area contributed by atoms with Crippen LogP contribution in [0.3, 0.4) is 0 Å². The molecule has 0 saturated heterocycles. The summed E-state index contributed by atoms with van der Waals surface area (Å²) in [5, 5.41) is 16.8. The Labute approximate surface area is 140 Å². The van der Waals surface area contributed by atoms with Crippen LogP contribution in [-0.4, -0.2) is 40.0 Å². The fraction of sp³-hybridized carbons (Fsp3) is 0.412. The first-order valence-corrected chi connectivity index (χ1v) is 7.75. The number of carbonyl (C=O) groups is 1. The summed E-state index contributed by atoms with van der Waals surface area (Å²) in [7, 11) is 1.70. The second-order valence-corrected chi connectivity index (χ2v) is 5.86. The lowest BCUT2D eigenvalue weighted by Crippen LogP contribution is -2.36. The number of amides is 1. The highest BCUT2D eigenvalue weighted by Gasteiger charge is 2.16. The standard InChI is InChI=1S/C17H22FN3O3/c1-11(2)15-8-16(21(3)20-15)17(23)19-9-13(22)10-24-14-6-4-12(18)5-7-14/h4-8,11,13,22H,9-10H2,1-3H3,(H,19,23). The second-order valence-electron chi connectivity index (χ2n) is 5.86. The van der Waals surface area contributed by atoms with Gasteiger partial charge in [-0.15, -0.1) is 0 Å². The Morgan fingerprint density at radius 3 is 2.62 bits per heavy atom. The molecule has 6 nitrogen and oxygen atoms in total. The molecule has 0 fully saturated rings. The molecule has 1 amide bonds. The summed E-state index contributed by atoms with van der Waals surface area (Å²) in [6.45, 7) is 4.04. The van der Waals surface area contributed by atoms with Gasteiger partial charge < -0.3 is 15.2 Å². The molecule has 1 heterocycles. The van der Waals surface area contributed by atoms with E-state index in [1.54, 1.807) is 13.1 Å². The fourth-order valence-electron chi connectivity index (χ4n) is 2.07. The average Bonchev–Trinajstić information content (AvgIpc) is 2.94. The van der Waals surface area contributed by atoms with Gasteiger partial charge in [0, 0.05) is 13.6 Å². The number of ether oxygens (including phenoxy) is 1. The van der Waals surface area contributed by atoms with E-state index in [2.05, 4.69) is 10.4 Å². The number of aromatic nitrogens is 2. The van der Waals surface area contributed by atoms with E-state index in [1.807, 2.05) is 13.8 Å². The van der Waals surface area contributed by atoms with Crippen LogP contribution >= 0.6 is 0 Å². The van der Waals surface area contributed by atoms with E-state index in [0.29, 0.717) is 11.4 Å². The van der Waals surface area contributed by atoms with Gasteiger partial charge in [0.2, 0.25) is 0 Å². The van der Waals surface area contributed by atoms with Gasteiger partial charge in [0.15, 0.2) is 0 Å². The number of benzene rings is 1. The van der Waals surface area contributed by atoms with Crippen LogP contribution in [0.1, 0.15) is 35.9 Å². The molecule has 0 radical (unpaired) electrons. The Hall–Kier alpha value is -2.41. The smallest absolute Gasteiger partial charge is 0.269 e. The van der Waals surface area contributed by atoms with Crippen LogP contribution in [0.15, 0.2) is 30.3 Å². The molecule has 0 aliphatic carbocycles. The van der Waals surface area contributed by atoms with Crippen LogP contribution in [0.5, 0.6) is 5.75 Å². The third-order valence-electron chi connectivity index (χ3n) is 3.48. The highest BCUT2D eigenvalue weighted by molar-refractivity contribution is 5.92. The van der Waals surface area contributed by atoms with Crippen LogP contribution in [0.25, 0.3) is 0 Å². The zero-order chi connectivity index (χ0) is 17.7. The predicted octanol–water partition coefficient (Wildman–Crippen LogP) is 1.85. The summed E-state index contributed by atoms with van der Waals surface area (Å²) in [6.07, 6.45) is -0.878.